The highest BCUT2D eigenvalue weighted by Gasteiger charge is 2.47. The van der Waals surface area contributed by atoms with Gasteiger partial charge < -0.3 is 9.47 Å². The Kier molecular flexibility index (Phi) is 2.77. The van der Waals surface area contributed by atoms with Crippen LogP contribution in [0.3, 0.4) is 0 Å². The van der Waals surface area contributed by atoms with E-state index in [4.69, 9.17) is 9.47 Å². The minimum absolute atomic E-state index is 0.315. The highest BCUT2D eigenvalue weighted by atomic mass is 16.5. The van der Waals surface area contributed by atoms with Gasteiger partial charge in [0.1, 0.15) is 17.3 Å². The molecule has 0 bridgehead atoms. The smallest absolute Gasteiger partial charge is 0.147 e. The van der Waals surface area contributed by atoms with Crippen LogP contribution in [0.1, 0.15) is 36.5 Å². The van der Waals surface area contributed by atoms with Crippen molar-refractivity contribution in [3.05, 3.63) is 34.9 Å². The third kappa shape index (κ3) is 1.54. The van der Waals surface area contributed by atoms with Gasteiger partial charge in [-0.3, -0.25) is 4.79 Å². The molecule has 4 rings (SSSR count). The van der Waals surface area contributed by atoms with Gasteiger partial charge in [-0.15, -0.1) is 0 Å². The Bertz CT molecular complexity index is 806. The van der Waals surface area contributed by atoms with E-state index in [-0.39, 0.29) is 5.41 Å². The van der Waals surface area contributed by atoms with Gasteiger partial charge in [-0.05, 0) is 54.8 Å². The average molecular weight is 296 g/mol. The van der Waals surface area contributed by atoms with Gasteiger partial charge in [0.05, 0.1) is 19.6 Å². The number of ketones is 1. The number of carbonyl (C=O) groups excluding carboxylic acids is 1. The number of benzene rings is 2. The van der Waals surface area contributed by atoms with Crippen LogP contribution in [0.4, 0.5) is 0 Å². The van der Waals surface area contributed by atoms with Crippen molar-refractivity contribution in [2.45, 2.75) is 38.0 Å². The zero-order chi connectivity index (χ0) is 15.5. The van der Waals surface area contributed by atoms with Crippen molar-refractivity contribution < 1.29 is 14.3 Å². The Labute approximate surface area is 130 Å². The number of Topliss-reactive ketones (excluding diaryl/α,β-unsaturated/α-hetero) is 1. The molecule has 22 heavy (non-hydrogen) atoms. The molecular formula is C19H20O3. The molecule has 0 fully saturated rings. The molecule has 0 heterocycles. The molecule has 2 aromatic carbocycles. The third-order valence-corrected chi connectivity index (χ3v) is 5.49. The first-order valence-corrected chi connectivity index (χ1v) is 7.83. The maximum atomic E-state index is 12.7. The van der Waals surface area contributed by atoms with E-state index in [1.54, 1.807) is 14.2 Å². The first kappa shape index (κ1) is 13.6. The largest absolute Gasteiger partial charge is 0.497 e. The van der Waals surface area contributed by atoms with E-state index in [1.165, 1.54) is 16.5 Å². The lowest BCUT2D eigenvalue weighted by atomic mass is 9.71. The number of fused-ring (bicyclic) bond motifs is 2. The van der Waals surface area contributed by atoms with Gasteiger partial charge in [-0.2, -0.15) is 0 Å². The average Bonchev–Trinajstić information content (AvgIpc) is 2.80. The lowest BCUT2D eigenvalue weighted by Crippen LogP contribution is -2.32. The van der Waals surface area contributed by atoms with E-state index in [9.17, 15) is 4.79 Å². The van der Waals surface area contributed by atoms with Crippen molar-refractivity contribution in [1.29, 1.82) is 0 Å². The van der Waals surface area contributed by atoms with Gasteiger partial charge in [0.2, 0.25) is 0 Å². The van der Waals surface area contributed by atoms with E-state index < -0.39 is 0 Å². The molecule has 2 aliphatic carbocycles. The summed E-state index contributed by atoms with van der Waals surface area (Å²) in [6, 6.07) is 6.13. The summed E-state index contributed by atoms with van der Waals surface area (Å²) in [4.78, 5) is 12.7. The fourth-order valence-electron chi connectivity index (χ4n) is 4.40. The molecule has 0 saturated heterocycles. The number of methoxy groups -OCH3 is 2. The molecule has 0 amide bonds. The Morgan fingerprint density at radius 1 is 1.09 bits per heavy atom. The van der Waals surface area contributed by atoms with Crippen LogP contribution in [0.2, 0.25) is 0 Å². The molecule has 3 heteroatoms. The van der Waals surface area contributed by atoms with Gasteiger partial charge >= 0.3 is 0 Å². The van der Waals surface area contributed by atoms with E-state index in [2.05, 4.69) is 13.0 Å². The second-order valence-corrected chi connectivity index (χ2v) is 6.56. The monoisotopic (exact) mass is 296 g/mol. The molecule has 0 aromatic heterocycles. The van der Waals surface area contributed by atoms with Crippen LogP contribution in [-0.2, 0) is 23.1 Å². The van der Waals surface area contributed by atoms with Crippen LogP contribution in [0.25, 0.3) is 10.8 Å². The Morgan fingerprint density at radius 2 is 1.91 bits per heavy atom. The summed E-state index contributed by atoms with van der Waals surface area (Å²) in [6.45, 7) is 2.11. The highest BCUT2D eigenvalue weighted by Crippen LogP contribution is 2.52. The Balaban J connectivity index is 2.15. The topological polar surface area (TPSA) is 35.5 Å². The lowest BCUT2D eigenvalue weighted by Gasteiger charge is -2.32. The van der Waals surface area contributed by atoms with E-state index in [0.29, 0.717) is 12.2 Å². The summed E-state index contributed by atoms with van der Waals surface area (Å²) in [7, 11) is 3.37. The molecule has 2 aromatic rings. The quantitative estimate of drug-likeness (QED) is 0.850. The predicted molar refractivity (Wildman–Crippen MR) is 86.1 cm³/mol. The van der Waals surface area contributed by atoms with Crippen LogP contribution in [0.5, 0.6) is 11.5 Å². The van der Waals surface area contributed by atoms with E-state index >= 15 is 0 Å². The number of hydrogen-bond donors (Lipinski definition) is 0. The van der Waals surface area contributed by atoms with E-state index in [1.807, 2.05) is 12.1 Å². The summed E-state index contributed by atoms with van der Waals surface area (Å²) in [5.74, 6) is 2.01. The minimum Gasteiger partial charge on any atom is -0.497 e. The predicted octanol–water partition coefficient (Wildman–Crippen LogP) is 3.58. The summed E-state index contributed by atoms with van der Waals surface area (Å²) < 4.78 is 11.1. The van der Waals surface area contributed by atoms with Crippen molar-refractivity contribution in [3.8, 4) is 11.5 Å². The summed E-state index contributed by atoms with van der Waals surface area (Å²) >= 11 is 0. The zero-order valence-electron chi connectivity index (χ0n) is 13.3. The normalized spacial score (nSPS) is 22.8. The summed E-state index contributed by atoms with van der Waals surface area (Å²) in [6.07, 6.45) is 3.56. The number of ether oxygens (including phenoxy) is 2. The van der Waals surface area contributed by atoms with Crippen LogP contribution in [0, 0.1) is 0 Å². The molecule has 1 atom stereocenters. The fourth-order valence-corrected chi connectivity index (χ4v) is 4.40. The van der Waals surface area contributed by atoms with Gasteiger partial charge in [-0.1, -0.05) is 6.07 Å². The van der Waals surface area contributed by atoms with Crippen molar-refractivity contribution in [1.82, 2.24) is 0 Å². The molecule has 0 spiro atoms. The van der Waals surface area contributed by atoms with Crippen LogP contribution < -0.4 is 9.47 Å². The van der Waals surface area contributed by atoms with Gasteiger partial charge in [0.25, 0.3) is 0 Å². The molecular weight excluding hydrogens is 276 g/mol. The van der Waals surface area contributed by atoms with Crippen LogP contribution in [-0.4, -0.2) is 20.0 Å². The maximum absolute atomic E-state index is 12.7. The van der Waals surface area contributed by atoms with Crippen molar-refractivity contribution >= 4 is 16.6 Å². The number of aryl methyl sites for hydroxylation is 1. The fraction of sp³-hybridized carbons (Fsp3) is 0.421. The zero-order valence-corrected chi connectivity index (χ0v) is 13.3. The maximum Gasteiger partial charge on any atom is 0.147 e. The van der Waals surface area contributed by atoms with E-state index in [0.717, 1.165) is 41.7 Å². The number of carbonyl (C=O) groups is 1. The van der Waals surface area contributed by atoms with Crippen molar-refractivity contribution in [3.63, 3.8) is 0 Å². The molecule has 114 valence electrons. The molecule has 2 aliphatic rings. The Morgan fingerprint density at radius 3 is 2.64 bits per heavy atom. The summed E-state index contributed by atoms with van der Waals surface area (Å²) in [5, 5.41) is 2.27. The third-order valence-electron chi connectivity index (χ3n) is 5.49. The first-order valence-electron chi connectivity index (χ1n) is 7.83. The second kappa shape index (κ2) is 4.48. The number of rotatable bonds is 2. The molecule has 0 N–H and O–H groups in total. The Hall–Kier alpha value is -2.03. The lowest BCUT2D eigenvalue weighted by molar-refractivity contribution is -0.122. The van der Waals surface area contributed by atoms with Crippen molar-refractivity contribution in [2.24, 2.45) is 0 Å². The van der Waals surface area contributed by atoms with Crippen molar-refractivity contribution in [2.75, 3.05) is 14.2 Å². The highest BCUT2D eigenvalue weighted by molar-refractivity contribution is 6.04. The second-order valence-electron chi connectivity index (χ2n) is 6.56. The molecule has 3 nitrogen and oxygen atoms in total. The minimum atomic E-state index is -0.315. The van der Waals surface area contributed by atoms with Crippen LogP contribution in [0.15, 0.2) is 18.2 Å². The number of hydrogen-bond acceptors (Lipinski definition) is 3. The molecule has 0 aliphatic heterocycles. The molecule has 0 saturated carbocycles. The molecule has 0 radical (unpaired) electrons. The standard InChI is InChI=1S/C19H20O3/c1-19-8-4-5-13-12-7-6-11(21-2)9-14(12)18(22-3)15(17(13)19)10-16(19)20/h6-7,9H,4-5,8,10H2,1-3H3. The molecule has 1 unspecified atom stereocenters. The van der Waals surface area contributed by atoms with Gasteiger partial charge in [-0.25, -0.2) is 0 Å². The van der Waals surface area contributed by atoms with Crippen LogP contribution >= 0.6 is 0 Å². The van der Waals surface area contributed by atoms with Gasteiger partial charge in [0, 0.05) is 17.4 Å². The first-order chi connectivity index (χ1) is 10.6. The SMILES string of the molecule is COc1ccc2c3c4c(c(OC)c2c1)CC(=O)C4(C)CCC3. The van der Waals surface area contributed by atoms with Gasteiger partial charge in [0.15, 0.2) is 0 Å². The summed E-state index contributed by atoms with van der Waals surface area (Å²) in [5.41, 5.74) is 3.38.